The van der Waals surface area contributed by atoms with Gasteiger partial charge < -0.3 is 10.3 Å². The molecule has 5 nitrogen and oxygen atoms in total. The van der Waals surface area contributed by atoms with Crippen LogP contribution in [0.1, 0.15) is 15.2 Å². The minimum absolute atomic E-state index is 0.191. The Hall–Kier alpha value is -1.89. The van der Waals surface area contributed by atoms with Gasteiger partial charge in [-0.25, -0.2) is 4.98 Å². The molecule has 0 atom stereocenters. The number of thiophene rings is 1. The topological polar surface area (TPSA) is 74.8 Å². The van der Waals surface area contributed by atoms with Crippen molar-refractivity contribution in [3.05, 3.63) is 61.4 Å². The van der Waals surface area contributed by atoms with Gasteiger partial charge in [-0.05, 0) is 24.3 Å². The number of amides is 1. The molecule has 0 aliphatic rings. The van der Waals surface area contributed by atoms with E-state index in [9.17, 15) is 9.59 Å². The molecule has 0 spiro atoms. The molecule has 2 aromatic heterocycles. The third-order valence-corrected chi connectivity index (χ3v) is 4.77. The van der Waals surface area contributed by atoms with Crippen LogP contribution in [0.2, 0.25) is 10.0 Å². The fourth-order valence-electron chi connectivity index (χ4n) is 1.91. The summed E-state index contributed by atoms with van der Waals surface area (Å²) in [6.45, 7) is 0.305. The van der Waals surface area contributed by atoms with E-state index in [2.05, 4.69) is 15.3 Å². The van der Waals surface area contributed by atoms with E-state index in [0.29, 0.717) is 32.4 Å². The first kappa shape index (κ1) is 15.0. The van der Waals surface area contributed by atoms with E-state index >= 15 is 0 Å². The number of fused-ring (bicyclic) bond motifs is 1. The second-order valence-electron chi connectivity index (χ2n) is 4.47. The summed E-state index contributed by atoms with van der Waals surface area (Å²) >= 11 is 13.1. The molecule has 0 fully saturated rings. The first-order valence-electron chi connectivity index (χ1n) is 6.24. The van der Waals surface area contributed by atoms with E-state index in [1.807, 2.05) is 0 Å². The zero-order valence-electron chi connectivity index (χ0n) is 11.0. The van der Waals surface area contributed by atoms with Crippen LogP contribution in [0.25, 0.3) is 10.2 Å². The molecule has 0 aliphatic heterocycles. The summed E-state index contributed by atoms with van der Waals surface area (Å²) in [5.41, 5.74) is 0.231. The summed E-state index contributed by atoms with van der Waals surface area (Å²) in [7, 11) is 0. The number of nitrogens with zero attached hydrogens (tertiary/aromatic N) is 1. The van der Waals surface area contributed by atoms with Gasteiger partial charge in [-0.1, -0.05) is 23.2 Å². The SMILES string of the molecule is O=C(NCc1cc2c(=O)[nH]cnc2s1)c1ccc(Cl)c(Cl)c1. The van der Waals surface area contributed by atoms with Gasteiger partial charge in [0.15, 0.2) is 0 Å². The van der Waals surface area contributed by atoms with E-state index < -0.39 is 0 Å². The van der Waals surface area contributed by atoms with Crippen molar-refractivity contribution in [2.75, 3.05) is 0 Å². The van der Waals surface area contributed by atoms with Gasteiger partial charge in [0.2, 0.25) is 0 Å². The molecule has 22 heavy (non-hydrogen) atoms. The van der Waals surface area contributed by atoms with Crippen molar-refractivity contribution in [3.8, 4) is 0 Å². The highest BCUT2D eigenvalue weighted by molar-refractivity contribution is 7.18. The van der Waals surface area contributed by atoms with Gasteiger partial charge in [0.1, 0.15) is 4.83 Å². The molecule has 8 heteroatoms. The average molecular weight is 354 g/mol. The van der Waals surface area contributed by atoms with Gasteiger partial charge in [-0.3, -0.25) is 9.59 Å². The summed E-state index contributed by atoms with van der Waals surface area (Å²) < 4.78 is 0. The molecule has 1 aromatic carbocycles. The maximum atomic E-state index is 12.1. The lowest BCUT2D eigenvalue weighted by molar-refractivity contribution is 0.0951. The van der Waals surface area contributed by atoms with E-state index in [4.69, 9.17) is 23.2 Å². The average Bonchev–Trinajstić information content (AvgIpc) is 2.92. The fraction of sp³-hybridized carbons (Fsp3) is 0.0714. The minimum Gasteiger partial charge on any atom is -0.347 e. The molecular weight excluding hydrogens is 345 g/mol. The summed E-state index contributed by atoms with van der Waals surface area (Å²) in [5.74, 6) is -0.266. The number of H-pyrrole nitrogens is 1. The monoisotopic (exact) mass is 353 g/mol. The van der Waals surface area contributed by atoms with Crippen LogP contribution in [0, 0.1) is 0 Å². The van der Waals surface area contributed by atoms with Crippen molar-refractivity contribution in [1.82, 2.24) is 15.3 Å². The van der Waals surface area contributed by atoms with E-state index in [1.54, 1.807) is 18.2 Å². The fourth-order valence-corrected chi connectivity index (χ4v) is 3.15. The standard InChI is InChI=1S/C14H9Cl2N3O2S/c15-10-2-1-7(3-11(10)16)12(20)17-5-8-4-9-13(21)18-6-19-14(9)22-8/h1-4,6H,5H2,(H,17,20)(H,18,19,21). The number of carbonyl (C=O) groups is 1. The zero-order valence-corrected chi connectivity index (χ0v) is 13.4. The third-order valence-electron chi connectivity index (χ3n) is 2.99. The van der Waals surface area contributed by atoms with E-state index in [1.165, 1.54) is 23.7 Å². The molecule has 3 rings (SSSR count). The number of carbonyl (C=O) groups excluding carboxylic acids is 1. The second kappa shape index (κ2) is 6.08. The van der Waals surface area contributed by atoms with Gasteiger partial charge in [-0.2, -0.15) is 0 Å². The predicted molar refractivity (Wildman–Crippen MR) is 87.9 cm³/mol. The normalized spacial score (nSPS) is 10.8. The molecule has 2 heterocycles. The Morgan fingerprint density at radius 1 is 1.27 bits per heavy atom. The Morgan fingerprint density at radius 3 is 2.82 bits per heavy atom. The third kappa shape index (κ3) is 2.99. The van der Waals surface area contributed by atoms with Crippen LogP contribution in [0.5, 0.6) is 0 Å². The number of aromatic nitrogens is 2. The predicted octanol–water partition coefficient (Wildman–Crippen LogP) is 3.22. The Kier molecular flexibility index (Phi) is 4.15. The van der Waals surface area contributed by atoms with Crippen molar-refractivity contribution >= 4 is 50.7 Å². The lowest BCUT2D eigenvalue weighted by Crippen LogP contribution is -2.22. The highest BCUT2D eigenvalue weighted by Gasteiger charge is 2.10. The second-order valence-corrected chi connectivity index (χ2v) is 6.40. The zero-order chi connectivity index (χ0) is 15.7. The molecule has 0 unspecified atom stereocenters. The highest BCUT2D eigenvalue weighted by atomic mass is 35.5. The van der Waals surface area contributed by atoms with Crippen LogP contribution >= 0.6 is 34.5 Å². The number of aromatic amines is 1. The molecule has 0 aliphatic carbocycles. The van der Waals surface area contributed by atoms with Crippen LogP contribution in [0.3, 0.4) is 0 Å². The van der Waals surface area contributed by atoms with E-state index in [0.717, 1.165) is 4.88 Å². The maximum absolute atomic E-state index is 12.1. The lowest BCUT2D eigenvalue weighted by atomic mass is 10.2. The first-order valence-corrected chi connectivity index (χ1v) is 7.81. The van der Waals surface area contributed by atoms with Crippen LogP contribution in [0.15, 0.2) is 35.4 Å². The molecule has 0 radical (unpaired) electrons. The molecule has 112 valence electrons. The molecule has 1 amide bonds. The number of rotatable bonds is 3. The van der Waals surface area contributed by atoms with Gasteiger partial charge in [0.25, 0.3) is 11.5 Å². The van der Waals surface area contributed by atoms with Crippen molar-refractivity contribution in [2.24, 2.45) is 0 Å². The van der Waals surface area contributed by atoms with Crippen LogP contribution < -0.4 is 10.9 Å². The summed E-state index contributed by atoms with van der Waals surface area (Å²) in [5, 5.41) is 4.01. The Balaban J connectivity index is 1.75. The summed E-state index contributed by atoms with van der Waals surface area (Å²) in [4.78, 5) is 31.8. The molecule has 0 saturated heterocycles. The first-order chi connectivity index (χ1) is 10.5. The van der Waals surface area contributed by atoms with E-state index in [-0.39, 0.29) is 11.5 Å². The highest BCUT2D eigenvalue weighted by Crippen LogP contribution is 2.23. The lowest BCUT2D eigenvalue weighted by Gasteiger charge is -2.04. The van der Waals surface area contributed by atoms with Crippen molar-refractivity contribution < 1.29 is 4.79 Å². The van der Waals surface area contributed by atoms with Gasteiger partial charge in [-0.15, -0.1) is 11.3 Å². The van der Waals surface area contributed by atoms with Gasteiger partial charge >= 0.3 is 0 Å². The number of halogens is 2. The number of hydrogen-bond donors (Lipinski definition) is 2. The van der Waals surface area contributed by atoms with Crippen molar-refractivity contribution in [2.45, 2.75) is 6.54 Å². The summed E-state index contributed by atoms with van der Waals surface area (Å²) in [6, 6.07) is 6.40. The maximum Gasteiger partial charge on any atom is 0.259 e. The molecule has 3 aromatic rings. The Morgan fingerprint density at radius 2 is 2.09 bits per heavy atom. The van der Waals surface area contributed by atoms with Crippen LogP contribution in [0.4, 0.5) is 0 Å². The molecule has 0 bridgehead atoms. The van der Waals surface area contributed by atoms with Crippen LogP contribution in [-0.4, -0.2) is 15.9 Å². The smallest absolute Gasteiger partial charge is 0.259 e. The number of hydrogen-bond acceptors (Lipinski definition) is 4. The summed E-state index contributed by atoms with van der Waals surface area (Å²) in [6.07, 6.45) is 1.36. The minimum atomic E-state index is -0.266. The van der Waals surface area contributed by atoms with Crippen molar-refractivity contribution in [1.29, 1.82) is 0 Å². The van der Waals surface area contributed by atoms with Crippen LogP contribution in [-0.2, 0) is 6.54 Å². The largest absolute Gasteiger partial charge is 0.347 e. The quantitative estimate of drug-likeness (QED) is 0.758. The molecule has 0 saturated carbocycles. The van der Waals surface area contributed by atoms with Crippen molar-refractivity contribution in [3.63, 3.8) is 0 Å². The molecule has 2 N–H and O–H groups in total. The van der Waals surface area contributed by atoms with Gasteiger partial charge in [0.05, 0.1) is 28.3 Å². The Bertz CT molecular complexity index is 920. The number of benzene rings is 1. The molecular formula is C14H9Cl2N3O2S. The van der Waals surface area contributed by atoms with Gasteiger partial charge in [0, 0.05) is 10.4 Å². The number of nitrogens with one attached hydrogen (secondary N) is 2. The Labute approximate surface area is 138 Å².